The van der Waals surface area contributed by atoms with Crippen LogP contribution in [0.1, 0.15) is 56.9 Å². The van der Waals surface area contributed by atoms with Crippen molar-refractivity contribution in [3.8, 4) is 0 Å². The van der Waals surface area contributed by atoms with E-state index in [1.54, 1.807) is 44.2 Å². The first kappa shape index (κ1) is 24.5. The van der Waals surface area contributed by atoms with Crippen LogP contribution < -0.4 is 5.32 Å². The summed E-state index contributed by atoms with van der Waals surface area (Å²) in [6.45, 7) is 4.07. The van der Waals surface area contributed by atoms with E-state index >= 15 is 4.39 Å². The van der Waals surface area contributed by atoms with Crippen LogP contribution in [0, 0.1) is 26.6 Å². The number of benzene rings is 2. The van der Waals surface area contributed by atoms with E-state index < -0.39 is 18.4 Å². The number of hydrogen-bond donors (Lipinski definition) is 1. The molecule has 34 heavy (non-hydrogen) atoms. The van der Waals surface area contributed by atoms with E-state index in [0.29, 0.717) is 11.1 Å². The van der Waals surface area contributed by atoms with Crippen molar-refractivity contribution in [1.82, 2.24) is 15.5 Å². The molecule has 1 amide bonds. The fraction of sp³-hybridized carbons (Fsp3) is 0.320. The van der Waals surface area contributed by atoms with Gasteiger partial charge in [-0.15, -0.1) is 10.2 Å². The quantitative estimate of drug-likeness (QED) is 0.386. The number of hydrogen-bond acceptors (Lipinski definition) is 4. The summed E-state index contributed by atoms with van der Waals surface area (Å²) in [6.07, 6.45) is 1.88. The lowest BCUT2D eigenvalue weighted by atomic mass is 10.00. The van der Waals surface area contributed by atoms with Crippen LogP contribution in [0.15, 0.2) is 46.3 Å². The number of rotatable bonds is 7. The molecule has 0 aliphatic heterocycles. The summed E-state index contributed by atoms with van der Waals surface area (Å²) in [4.78, 5) is 13.3. The molecule has 1 aromatic heterocycles. The number of nitrogens with one attached hydrogen (secondary N) is 1. The monoisotopic (exact) mass is 505 g/mol. The standard InChI is InChI=1S/C25H23ClF3N3OS/c1-13-7-10-18(14(2)11-13)25(28,29)12-30-23(33)20-15(3)22(26)31-32-24(20)34-19-6-4-5-17(21(19)27)16-8-9-16/h4-7,10-11,16H,8-9,12H2,1-3H3,(H,30,33). The fourth-order valence-corrected chi connectivity index (χ4v) is 4.96. The SMILES string of the molecule is Cc1ccc(C(F)(F)CNC(=O)c2c(Sc3cccc(C4CC4)c3F)nnc(Cl)c2C)c(C)c1. The van der Waals surface area contributed by atoms with Crippen LogP contribution in [0.25, 0.3) is 0 Å². The van der Waals surface area contributed by atoms with Gasteiger partial charge in [0.15, 0.2) is 5.15 Å². The summed E-state index contributed by atoms with van der Waals surface area (Å²) in [5, 5.41) is 10.2. The van der Waals surface area contributed by atoms with Crippen LogP contribution >= 0.6 is 23.4 Å². The summed E-state index contributed by atoms with van der Waals surface area (Å²) < 4.78 is 44.8. The number of aromatic nitrogens is 2. The average molecular weight is 506 g/mol. The second-order valence-corrected chi connectivity index (χ2v) is 9.93. The van der Waals surface area contributed by atoms with E-state index in [2.05, 4.69) is 15.5 Å². The number of amides is 1. The molecule has 0 saturated heterocycles. The maximum absolute atomic E-state index is 15.0. The van der Waals surface area contributed by atoms with Crippen LogP contribution in [0.5, 0.6) is 0 Å². The molecule has 0 radical (unpaired) electrons. The first-order valence-electron chi connectivity index (χ1n) is 10.8. The summed E-state index contributed by atoms with van der Waals surface area (Å²) in [5.74, 6) is -4.23. The average Bonchev–Trinajstić information content (AvgIpc) is 3.61. The molecule has 1 aliphatic rings. The van der Waals surface area contributed by atoms with Crippen LogP contribution in [-0.2, 0) is 5.92 Å². The Bertz CT molecular complexity index is 1260. The van der Waals surface area contributed by atoms with Crippen molar-refractivity contribution in [1.29, 1.82) is 0 Å². The smallest absolute Gasteiger partial charge is 0.290 e. The Labute approximate surface area is 205 Å². The molecule has 1 N–H and O–H groups in total. The molecule has 1 heterocycles. The van der Waals surface area contributed by atoms with Gasteiger partial charge in [0.2, 0.25) is 0 Å². The van der Waals surface area contributed by atoms with Gasteiger partial charge < -0.3 is 5.32 Å². The number of alkyl halides is 2. The lowest BCUT2D eigenvalue weighted by molar-refractivity contribution is -0.00311. The van der Waals surface area contributed by atoms with Crippen molar-refractivity contribution in [3.05, 3.63) is 80.7 Å². The first-order chi connectivity index (χ1) is 16.1. The van der Waals surface area contributed by atoms with Crippen molar-refractivity contribution in [3.63, 3.8) is 0 Å². The zero-order chi connectivity index (χ0) is 24.6. The molecule has 3 aromatic rings. The van der Waals surface area contributed by atoms with Gasteiger partial charge in [0, 0.05) is 16.0 Å². The molecule has 2 aromatic carbocycles. The van der Waals surface area contributed by atoms with E-state index in [0.717, 1.165) is 30.2 Å². The van der Waals surface area contributed by atoms with Gasteiger partial charge in [-0.25, -0.2) is 4.39 Å². The van der Waals surface area contributed by atoms with Crippen LogP contribution in [-0.4, -0.2) is 22.6 Å². The van der Waals surface area contributed by atoms with Crippen LogP contribution in [0.4, 0.5) is 13.2 Å². The summed E-state index contributed by atoms with van der Waals surface area (Å²) >= 11 is 7.01. The Morgan fingerprint density at radius 3 is 2.59 bits per heavy atom. The van der Waals surface area contributed by atoms with E-state index in [4.69, 9.17) is 11.6 Å². The largest absolute Gasteiger partial charge is 0.346 e. The number of carbonyl (C=O) groups is 1. The molecule has 1 fully saturated rings. The third-order valence-corrected chi connectivity index (χ3v) is 7.19. The molecule has 0 unspecified atom stereocenters. The van der Waals surface area contributed by atoms with Gasteiger partial charge in [-0.3, -0.25) is 4.79 Å². The van der Waals surface area contributed by atoms with E-state index in [-0.39, 0.29) is 43.5 Å². The van der Waals surface area contributed by atoms with Gasteiger partial charge in [-0.1, -0.05) is 59.3 Å². The van der Waals surface area contributed by atoms with Crippen molar-refractivity contribution >= 4 is 29.3 Å². The van der Waals surface area contributed by atoms with E-state index in [1.807, 2.05) is 6.92 Å². The normalized spacial score (nSPS) is 13.7. The molecule has 1 aliphatic carbocycles. The minimum absolute atomic E-state index is 0.00217. The second kappa shape index (κ2) is 9.58. The minimum Gasteiger partial charge on any atom is -0.346 e. The van der Waals surface area contributed by atoms with Gasteiger partial charge in [-0.2, -0.15) is 8.78 Å². The second-order valence-electron chi connectivity index (χ2n) is 8.54. The predicted molar refractivity (Wildman–Crippen MR) is 126 cm³/mol. The molecule has 178 valence electrons. The molecular weight excluding hydrogens is 483 g/mol. The summed E-state index contributed by atoms with van der Waals surface area (Å²) in [6, 6.07) is 9.73. The van der Waals surface area contributed by atoms with Crippen molar-refractivity contribution in [2.45, 2.75) is 55.4 Å². The maximum Gasteiger partial charge on any atom is 0.290 e. The third-order valence-electron chi connectivity index (χ3n) is 5.82. The zero-order valence-corrected chi connectivity index (χ0v) is 20.5. The van der Waals surface area contributed by atoms with Crippen molar-refractivity contribution in [2.75, 3.05) is 6.54 Å². The molecule has 0 spiro atoms. The Balaban J connectivity index is 1.59. The fourth-order valence-electron chi connectivity index (χ4n) is 3.84. The molecule has 1 saturated carbocycles. The molecular formula is C25H23ClF3N3OS. The highest BCUT2D eigenvalue weighted by Crippen LogP contribution is 2.44. The number of aryl methyl sites for hydroxylation is 2. The predicted octanol–water partition coefficient (Wildman–Crippen LogP) is 6.74. The van der Waals surface area contributed by atoms with Crippen LogP contribution in [0.3, 0.4) is 0 Å². The molecule has 4 nitrogen and oxygen atoms in total. The topological polar surface area (TPSA) is 54.9 Å². The first-order valence-corrected chi connectivity index (χ1v) is 12.0. The van der Waals surface area contributed by atoms with Gasteiger partial charge in [-0.05, 0) is 56.7 Å². The van der Waals surface area contributed by atoms with E-state index in [9.17, 15) is 13.6 Å². The Morgan fingerprint density at radius 1 is 1.18 bits per heavy atom. The number of nitrogens with zero attached hydrogens (tertiary/aromatic N) is 2. The molecule has 0 bridgehead atoms. The minimum atomic E-state index is -3.29. The lowest BCUT2D eigenvalue weighted by Crippen LogP contribution is -2.36. The van der Waals surface area contributed by atoms with E-state index in [1.165, 1.54) is 6.07 Å². The van der Waals surface area contributed by atoms with Gasteiger partial charge in [0.1, 0.15) is 10.8 Å². The lowest BCUT2D eigenvalue weighted by Gasteiger charge is -2.20. The van der Waals surface area contributed by atoms with Gasteiger partial charge >= 0.3 is 0 Å². The number of halogens is 4. The Kier molecular flexibility index (Phi) is 6.92. The van der Waals surface area contributed by atoms with Crippen LogP contribution in [0.2, 0.25) is 5.15 Å². The highest BCUT2D eigenvalue weighted by Gasteiger charge is 2.34. The molecule has 4 rings (SSSR count). The summed E-state index contributed by atoms with van der Waals surface area (Å²) in [7, 11) is 0. The van der Waals surface area contributed by atoms with Crippen molar-refractivity contribution in [2.24, 2.45) is 0 Å². The van der Waals surface area contributed by atoms with Gasteiger partial charge in [0.25, 0.3) is 11.8 Å². The highest BCUT2D eigenvalue weighted by molar-refractivity contribution is 7.99. The summed E-state index contributed by atoms with van der Waals surface area (Å²) in [5.41, 5.74) is 2.06. The Hall–Kier alpha value is -2.58. The van der Waals surface area contributed by atoms with Crippen molar-refractivity contribution < 1.29 is 18.0 Å². The number of carbonyl (C=O) groups excluding carboxylic acids is 1. The Morgan fingerprint density at radius 2 is 1.91 bits per heavy atom. The molecule has 9 heteroatoms. The maximum atomic E-state index is 15.0. The highest BCUT2D eigenvalue weighted by atomic mass is 35.5. The molecule has 0 atom stereocenters. The zero-order valence-electron chi connectivity index (χ0n) is 18.9. The van der Waals surface area contributed by atoms with Gasteiger partial charge in [0.05, 0.1) is 12.1 Å². The third kappa shape index (κ3) is 5.08.